The van der Waals surface area contributed by atoms with Gasteiger partial charge in [-0.3, -0.25) is 0 Å². The van der Waals surface area contributed by atoms with Crippen molar-refractivity contribution < 1.29 is 31.8 Å². The van der Waals surface area contributed by atoms with Gasteiger partial charge in [-0.05, 0) is 37.3 Å². The Morgan fingerprint density at radius 3 is 2.58 bits per heavy atom. The Kier molecular flexibility index (Phi) is 9.92. The average molecular weight is 540 g/mol. The van der Waals surface area contributed by atoms with Crippen LogP contribution in [0.1, 0.15) is 82.8 Å². The molecule has 4 atom stereocenters. The molecule has 3 heterocycles. The van der Waals surface area contributed by atoms with Gasteiger partial charge in [0, 0.05) is 0 Å². The number of nitrogens with zero attached hydrogens (tertiary/aromatic N) is 3. The topological polar surface area (TPSA) is 69.7 Å². The lowest BCUT2D eigenvalue weighted by atomic mass is 9.87. The van der Waals surface area contributed by atoms with E-state index in [0.29, 0.717) is 18.8 Å². The van der Waals surface area contributed by atoms with Gasteiger partial charge in [-0.2, -0.15) is 13.2 Å². The number of ether oxygens (including phenoxy) is 3. The van der Waals surface area contributed by atoms with Crippen LogP contribution < -0.4 is 4.74 Å². The van der Waals surface area contributed by atoms with Gasteiger partial charge in [-0.15, -0.1) is 0 Å². The van der Waals surface area contributed by atoms with Crippen LogP contribution >= 0.6 is 0 Å². The molecule has 6 nitrogen and oxygen atoms in total. The number of aryl methyl sites for hydroxylation is 1. The van der Waals surface area contributed by atoms with Crippen LogP contribution in [0.2, 0.25) is 0 Å². The van der Waals surface area contributed by atoms with E-state index in [9.17, 15) is 8.78 Å². The zero-order valence-electron chi connectivity index (χ0n) is 22.1. The van der Waals surface area contributed by atoms with Crippen LogP contribution in [0.4, 0.5) is 17.6 Å². The minimum absolute atomic E-state index is 0.0540. The average Bonchev–Trinajstić information content (AvgIpc) is 3.66. The zero-order valence-corrected chi connectivity index (χ0v) is 22.1. The number of fused-ring (bicyclic) bond motifs is 1. The highest BCUT2D eigenvalue weighted by Crippen LogP contribution is 2.43. The fourth-order valence-corrected chi connectivity index (χ4v) is 4.83. The Hall–Kier alpha value is -2.33. The lowest BCUT2D eigenvalue weighted by Gasteiger charge is -2.33. The molecule has 10 heteroatoms. The second-order valence-corrected chi connectivity index (χ2v) is 10.2. The van der Waals surface area contributed by atoms with E-state index in [1.165, 1.54) is 18.5 Å². The molecule has 2 aliphatic rings. The van der Waals surface area contributed by atoms with Gasteiger partial charge in [0.1, 0.15) is 30.7 Å². The predicted octanol–water partition coefficient (Wildman–Crippen LogP) is 6.75. The summed E-state index contributed by atoms with van der Waals surface area (Å²) in [5.41, 5.74) is -0.608. The third kappa shape index (κ3) is 7.20. The van der Waals surface area contributed by atoms with Gasteiger partial charge in [-0.1, -0.05) is 52.4 Å². The molecule has 1 fully saturated rings. The minimum Gasteiger partial charge on any atom is -0.488 e. The number of halogens is 4. The first-order valence-corrected chi connectivity index (χ1v) is 13.8. The number of hydrogen-bond donors (Lipinski definition) is 0. The van der Waals surface area contributed by atoms with Gasteiger partial charge < -0.3 is 14.2 Å². The summed E-state index contributed by atoms with van der Waals surface area (Å²) in [5.74, 6) is -4.38. The summed E-state index contributed by atoms with van der Waals surface area (Å²) in [6.45, 7) is 4.16. The molecule has 0 saturated carbocycles. The highest BCUT2D eigenvalue weighted by molar-refractivity contribution is 5.53. The van der Waals surface area contributed by atoms with E-state index < -0.39 is 36.3 Å². The molecule has 4 rings (SSSR count). The number of alkyl halides is 3. The second kappa shape index (κ2) is 13.2. The number of epoxide rings is 1. The Morgan fingerprint density at radius 2 is 1.84 bits per heavy atom. The summed E-state index contributed by atoms with van der Waals surface area (Å²) < 4.78 is 75.9. The molecule has 2 aromatic rings. The van der Waals surface area contributed by atoms with Gasteiger partial charge in [-0.25, -0.2) is 19.3 Å². The van der Waals surface area contributed by atoms with Crippen LogP contribution in [0.25, 0.3) is 11.5 Å². The van der Waals surface area contributed by atoms with Gasteiger partial charge in [0.2, 0.25) is 5.95 Å². The number of hydrogen-bond acceptors (Lipinski definition) is 6. The minimum atomic E-state index is -3.62. The monoisotopic (exact) mass is 539 g/mol. The highest BCUT2D eigenvalue weighted by atomic mass is 19.3. The van der Waals surface area contributed by atoms with E-state index in [-0.39, 0.29) is 48.6 Å². The molecule has 0 amide bonds. The molecule has 0 N–H and O–H groups in total. The van der Waals surface area contributed by atoms with E-state index in [4.69, 9.17) is 14.2 Å². The standard InChI is InChI=1S/C28H37F4N3O3/c1-3-5-7-8-9-19(29)16-37-24-12-11-18-13-21(35-26(30)25(18)28(24,31)32)27-33-14-20(15-34-27)36-17-23-22(38-23)10-6-4-2/h13-15,19,22-24H,3-12,16-17H2,1-2H3. The van der Waals surface area contributed by atoms with Gasteiger partial charge in [0.05, 0.1) is 30.7 Å². The van der Waals surface area contributed by atoms with Crippen molar-refractivity contribution in [2.24, 2.45) is 0 Å². The fraction of sp³-hybridized carbons (Fsp3) is 0.679. The van der Waals surface area contributed by atoms with Crippen molar-refractivity contribution in [3.05, 3.63) is 35.5 Å². The molecule has 0 aromatic carbocycles. The van der Waals surface area contributed by atoms with Gasteiger partial charge in [0.15, 0.2) is 11.6 Å². The zero-order chi connectivity index (χ0) is 27.1. The van der Waals surface area contributed by atoms with Crippen molar-refractivity contribution in [3.63, 3.8) is 0 Å². The molecule has 1 aliphatic carbocycles. The maximum atomic E-state index is 15.2. The van der Waals surface area contributed by atoms with Crippen LogP contribution in [0.5, 0.6) is 5.75 Å². The molecule has 4 unspecified atom stereocenters. The lowest BCUT2D eigenvalue weighted by molar-refractivity contribution is -0.160. The van der Waals surface area contributed by atoms with E-state index in [1.807, 2.05) is 0 Å². The first-order valence-electron chi connectivity index (χ1n) is 13.8. The Bertz CT molecular complexity index is 1040. The first kappa shape index (κ1) is 28.7. The number of unbranched alkanes of at least 4 members (excludes halogenated alkanes) is 4. The summed E-state index contributed by atoms with van der Waals surface area (Å²) in [6.07, 6.45) is 7.49. The van der Waals surface area contributed by atoms with E-state index >= 15 is 8.78 Å². The second-order valence-electron chi connectivity index (χ2n) is 10.2. The van der Waals surface area contributed by atoms with Crippen molar-refractivity contribution in [1.82, 2.24) is 15.0 Å². The van der Waals surface area contributed by atoms with Crippen LogP contribution in [0.3, 0.4) is 0 Å². The first-order chi connectivity index (χ1) is 18.3. The maximum absolute atomic E-state index is 15.2. The SMILES string of the molecule is CCCCCCC(F)COC1CCc2cc(-c3ncc(OCC4OC4CCCC)cn3)nc(F)c2C1(F)F. The van der Waals surface area contributed by atoms with E-state index in [0.717, 1.165) is 38.5 Å². The summed E-state index contributed by atoms with van der Waals surface area (Å²) in [6, 6.07) is 1.39. The molecule has 0 spiro atoms. The summed E-state index contributed by atoms with van der Waals surface area (Å²) >= 11 is 0. The predicted molar refractivity (Wildman–Crippen MR) is 135 cm³/mol. The van der Waals surface area contributed by atoms with Crippen LogP contribution in [-0.2, 0) is 21.8 Å². The van der Waals surface area contributed by atoms with Crippen molar-refractivity contribution in [3.8, 4) is 17.3 Å². The normalized spacial score (nSPS) is 22.6. The van der Waals surface area contributed by atoms with Crippen molar-refractivity contribution in [1.29, 1.82) is 0 Å². The van der Waals surface area contributed by atoms with E-state index in [1.54, 1.807) is 0 Å². The Balaban J connectivity index is 1.34. The van der Waals surface area contributed by atoms with Crippen LogP contribution in [0.15, 0.2) is 18.5 Å². The third-order valence-corrected chi connectivity index (χ3v) is 7.12. The molecule has 0 bridgehead atoms. The molecular formula is C28H37F4N3O3. The molecule has 0 radical (unpaired) electrons. The molecule has 1 aliphatic heterocycles. The highest BCUT2D eigenvalue weighted by Gasteiger charge is 2.49. The van der Waals surface area contributed by atoms with Crippen molar-refractivity contribution in [2.45, 2.75) is 108 Å². The lowest BCUT2D eigenvalue weighted by Crippen LogP contribution is -2.40. The van der Waals surface area contributed by atoms with Gasteiger partial charge >= 0.3 is 5.92 Å². The smallest absolute Gasteiger partial charge is 0.303 e. The number of aromatic nitrogens is 3. The summed E-state index contributed by atoms with van der Waals surface area (Å²) in [5, 5.41) is 0. The fourth-order valence-electron chi connectivity index (χ4n) is 4.83. The number of rotatable bonds is 15. The summed E-state index contributed by atoms with van der Waals surface area (Å²) in [7, 11) is 0. The van der Waals surface area contributed by atoms with E-state index in [2.05, 4.69) is 28.8 Å². The summed E-state index contributed by atoms with van der Waals surface area (Å²) in [4.78, 5) is 12.1. The van der Waals surface area contributed by atoms with Crippen molar-refractivity contribution in [2.75, 3.05) is 13.2 Å². The molecule has 2 aromatic heterocycles. The quantitative estimate of drug-likeness (QED) is 0.108. The Labute approximate surface area is 221 Å². The molecule has 38 heavy (non-hydrogen) atoms. The van der Waals surface area contributed by atoms with Crippen LogP contribution in [0, 0.1) is 5.95 Å². The molecule has 1 saturated heterocycles. The Morgan fingerprint density at radius 1 is 1.08 bits per heavy atom. The molecule has 210 valence electrons. The maximum Gasteiger partial charge on any atom is 0.303 e. The third-order valence-electron chi connectivity index (χ3n) is 7.12. The largest absolute Gasteiger partial charge is 0.488 e. The number of pyridine rings is 1. The van der Waals surface area contributed by atoms with Crippen molar-refractivity contribution >= 4 is 0 Å². The van der Waals surface area contributed by atoms with Gasteiger partial charge in [0.25, 0.3) is 0 Å². The van der Waals surface area contributed by atoms with Crippen LogP contribution in [-0.4, -0.2) is 52.6 Å². The molecular weight excluding hydrogens is 502 g/mol.